The van der Waals surface area contributed by atoms with E-state index in [0.29, 0.717) is 145 Å². The summed E-state index contributed by atoms with van der Waals surface area (Å²) in [5.74, 6) is 0.557. The van der Waals surface area contributed by atoms with Crippen LogP contribution in [0.1, 0.15) is 74.0 Å². The van der Waals surface area contributed by atoms with Crippen molar-refractivity contribution in [2.75, 3.05) is 41.3 Å². The quantitative estimate of drug-likeness (QED) is 0.0343. The Morgan fingerprint density at radius 2 is 0.747 bits per heavy atom. The molecule has 18 aromatic carbocycles. The molecule has 6 aliphatic rings. The summed E-state index contributed by atoms with van der Waals surface area (Å²) in [4.78, 5) is 112. The number of fused-ring (bicyclic) bond motifs is 24. The predicted octanol–water partition coefficient (Wildman–Crippen LogP) is 25.7. The van der Waals surface area contributed by atoms with Crippen molar-refractivity contribution in [3.8, 4) is 95.9 Å². The Bertz CT molecular complexity index is 9800. The van der Waals surface area contributed by atoms with E-state index in [-0.39, 0.29) is 33.2 Å². The molecule has 150 heavy (non-hydrogen) atoms. The monoisotopic (exact) mass is 1980 g/mol. The van der Waals surface area contributed by atoms with Gasteiger partial charge in [-0.05, 0) is 202 Å². The van der Waals surface area contributed by atoms with Crippen LogP contribution in [0.3, 0.4) is 0 Å². The molecule has 1 atom stereocenters. The third-order valence-electron chi connectivity index (χ3n) is 27.3. The zero-order valence-electron chi connectivity index (χ0n) is 81.0. The van der Waals surface area contributed by atoms with Crippen LogP contribution in [0.5, 0.6) is 28.7 Å². The number of carbonyl (C=O) groups is 5. The minimum atomic E-state index is -1.17. The molecule has 20 aromatic rings. The standard InChI is InChI=1S/C26H18O5.C26H18O4.C25H17NO4.C25H16O5.C24H15NO4/c1-29-21-9-5-6-15-10-12-20-24(17-7-3-4-8-18(17)26(28)30-2)19-13-11-16(27)14-22(19)31-25(20)23(15)21;1-15-7-10-18-16(13-15)8-11-22-24(19-5-3-4-6-20(19)26(28)29-2)21-12-9-17(27)14-23(21)30-25(18)22;2*1-29-25(28)17-7-3-2-6-16(17)23-18-12-10-15(26)13-21(18)30-24-19(23)11-9-14-5-4-8-20(27)22(14)24;25-14-9-11-17-20(12-14)28-22-18(10-8-13-4-3-7-19(26)21(13)22)24(17)16-6-2-1-5-15(16)23(27)29-24/h3-14H,1-2H3;3-14H,1-2H3;2-13H,26H2,1H3;2-13,26H,1H3;1-12,26H,25H2/p+1. The van der Waals surface area contributed by atoms with Crippen molar-refractivity contribution in [1.29, 1.82) is 0 Å². The minimum Gasteiger partial charge on any atom is -0.508 e. The molecular formula is C126H85N2O22+. The summed E-state index contributed by atoms with van der Waals surface area (Å²) in [7, 11) is 7.04. The fourth-order valence-electron chi connectivity index (χ4n) is 20.6. The van der Waals surface area contributed by atoms with Crippen LogP contribution in [-0.2, 0) is 29.3 Å². The molecule has 0 amide bonds. The number of phenols is 2. The third-order valence-corrected chi connectivity index (χ3v) is 27.3. The van der Waals surface area contributed by atoms with Gasteiger partial charge in [-0.15, -0.1) is 0 Å². The third kappa shape index (κ3) is 16.3. The first-order valence-electron chi connectivity index (χ1n) is 47.5. The number of esters is 5. The van der Waals surface area contributed by atoms with Gasteiger partial charge in [-0.2, -0.15) is 0 Å². The molecule has 0 saturated carbocycles. The highest BCUT2D eigenvalue weighted by Crippen LogP contribution is 2.59. The summed E-state index contributed by atoms with van der Waals surface area (Å²) in [6.45, 7) is 2.04. The molecule has 0 radical (unpaired) electrons. The molecule has 730 valence electrons. The predicted molar refractivity (Wildman–Crippen MR) is 579 cm³/mol. The number of anilines is 1. The van der Waals surface area contributed by atoms with Gasteiger partial charge in [0.2, 0.25) is 0 Å². The molecular weight excluding hydrogens is 1890 g/mol. The van der Waals surface area contributed by atoms with E-state index in [9.17, 15) is 53.4 Å². The van der Waals surface area contributed by atoms with Crippen molar-refractivity contribution in [1.82, 2.24) is 0 Å². The lowest BCUT2D eigenvalue weighted by Gasteiger charge is -2.37. The molecule has 2 aliphatic carbocycles. The van der Waals surface area contributed by atoms with Gasteiger partial charge in [0.25, 0.3) is 0 Å². The summed E-state index contributed by atoms with van der Waals surface area (Å²) in [6.07, 6.45) is 0. The number of ether oxygens (including phenoxy) is 7. The minimum absolute atomic E-state index is 0.0420. The summed E-state index contributed by atoms with van der Waals surface area (Å²) >= 11 is 0. The Labute approximate surface area is 851 Å². The van der Waals surface area contributed by atoms with E-state index in [2.05, 4.69) is 17.9 Å². The molecule has 0 saturated heterocycles. The number of rotatable bonds is 9. The molecule has 7 N–H and O–H groups in total. The number of hydrogen-bond donors (Lipinski definition) is 4. The van der Waals surface area contributed by atoms with Crippen LogP contribution < -0.4 is 42.7 Å². The van der Waals surface area contributed by atoms with Crippen molar-refractivity contribution in [3.63, 3.8) is 0 Å². The second-order valence-electron chi connectivity index (χ2n) is 35.9. The van der Waals surface area contributed by atoms with Crippen molar-refractivity contribution in [3.05, 3.63) is 455 Å². The van der Waals surface area contributed by atoms with Gasteiger partial charge >= 0.3 is 29.8 Å². The van der Waals surface area contributed by atoms with E-state index in [1.807, 2.05) is 201 Å². The summed E-state index contributed by atoms with van der Waals surface area (Å²) in [5, 5.41) is 32.9. The normalized spacial score (nSPS) is 12.7. The first-order valence-corrected chi connectivity index (χ1v) is 47.5. The molecule has 24 nitrogen and oxygen atoms in total. The van der Waals surface area contributed by atoms with Crippen LogP contribution in [0.25, 0.3) is 187 Å². The molecule has 0 bridgehead atoms. The lowest BCUT2D eigenvalue weighted by atomic mass is 9.77. The van der Waals surface area contributed by atoms with E-state index in [4.69, 9.17) is 56.6 Å². The van der Waals surface area contributed by atoms with Gasteiger partial charge in [-0.25, -0.2) is 24.0 Å². The van der Waals surface area contributed by atoms with E-state index >= 15 is 0 Å². The second-order valence-corrected chi connectivity index (χ2v) is 35.9. The summed E-state index contributed by atoms with van der Waals surface area (Å²) in [5.41, 5.74) is 25.8. The Morgan fingerprint density at radius 1 is 0.327 bits per heavy atom. The van der Waals surface area contributed by atoms with Gasteiger partial charge < -0.3 is 72.5 Å². The number of nitrogens with two attached hydrogens (primary N) is 1. The Balaban J connectivity index is 0.000000106. The SMILES string of the molecule is COC(=O)c1ccccc1-c1c2ccc(=O)cc-2oc2c1ccc1cc(C)ccc12.COC(=O)c1ccccc1-c1c2ccc(=O)cc-2oc2c1ccc1cccc(OC)c12.COC(=O)c1ccccc1-c1c2ccc(O)cc2oc2c1ccc1cccc(=O)c12.COC(=O)c1ccccc1-c1c2ccc([NH3+])cc2oc2c1ccc1cccc(=O)c12.Nc1ccc2c(c1)Oc1c(ccc3cccc(O)c13)C21OC(=O)c2ccccc21. The maximum atomic E-state index is 12.8. The number of quaternary nitrogens is 1. The molecule has 1 unspecified atom stereocenters. The van der Waals surface area contributed by atoms with Crippen molar-refractivity contribution < 1.29 is 90.7 Å². The Kier molecular flexibility index (Phi) is 24.3. The van der Waals surface area contributed by atoms with Gasteiger partial charge in [0, 0.05) is 124 Å². The van der Waals surface area contributed by atoms with Crippen LogP contribution in [0.4, 0.5) is 11.4 Å². The number of aryl methyl sites for hydroxylation is 1. The zero-order valence-corrected chi connectivity index (χ0v) is 81.0. The Morgan fingerprint density at radius 3 is 1.28 bits per heavy atom. The van der Waals surface area contributed by atoms with Crippen LogP contribution in [0.2, 0.25) is 0 Å². The molecule has 26 rings (SSSR count). The van der Waals surface area contributed by atoms with Crippen molar-refractivity contribution in [2.24, 2.45) is 0 Å². The molecule has 4 aliphatic heterocycles. The second kappa shape index (κ2) is 38.5. The number of phenolic OH excluding ortho intramolecular Hbond substituents is 2. The first kappa shape index (κ1) is 94.8. The van der Waals surface area contributed by atoms with Crippen molar-refractivity contribution in [2.45, 2.75) is 12.5 Å². The van der Waals surface area contributed by atoms with E-state index in [1.54, 1.807) is 122 Å². The Hall–Kier alpha value is -20.1. The van der Waals surface area contributed by atoms with E-state index in [0.717, 1.165) is 121 Å². The molecule has 0 fully saturated rings. The van der Waals surface area contributed by atoms with Gasteiger partial charge in [0.05, 0.1) is 84.9 Å². The fraction of sp³-hybridized carbons (Fsp3) is 0.0556. The largest absolute Gasteiger partial charge is 0.508 e. The molecule has 2 aromatic heterocycles. The number of benzene rings is 20. The smallest absolute Gasteiger partial charge is 0.340 e. The van der Waals surface area contributed by atoms with Crippen LogP contribution in [0.15, 0.2) is 401 Å². The average Bonchev–Trinajstić information content (AvgIpc) is 1.51. The highest BCUT2D eigenvalue weighted by Gasteiger charge is 2.54. The van der Waals surface area contributed by atoms with Crippen LogP contribution in [-0.4, -0.2) is 75.6 Å². The average molecular weight is 1980 g/mol. The topological polar surface area (TPSA) is 365 Å². The van der Waals surface area contributed by atoms with E-state index in [1.165, 1.54) is 70.9 Å². The number of nitrogen functional groups attached to an aromatic ring is 1. The molecule has 24 heteroatoms. The van der Waals surface area contributed by atoms with Gasteiger partial charge in [0.1, 0.15) is 79.5 Å². The number of carbonyl (C=O) groups excluding carboxylic acids is 5. The van der Waals surface area contributed by atoms with Gasteiger partial charge in [-0.1, -0.05) is 194 Å². The number of aromatic hydroxyl groups is 2. The highest BCUT2D eigenvalue weighted by atomic mass is 16.6. The van der Waals surface area contributed by atoms with Gasteiger partial charge in [-0.3, -0.25) is 19.2 Å². The first-order chi connectivity index (χ1) is 72.9. The van der Waals surface area contributed by atoms with Gasteiger partial charge in [0.15, 0.2) is 27.3 Å². The maximum absolute atomic E-state index is 12.8. The van der Waals surface area contributed by atoms with E-state index < -0.39 is 35.4 Å². The number of methoxy groups -OCH3 is 5. The molecule has 1 spiro atoms. The lowest BCUT2D eigenvalue weighted by Crippen LogP contribution is -2.39. The highest BCUT2D eigenvalue weighted by molar-refractivity contribution is 6.22. The fourth-order valence-corrected chi connectivity index (χ4v) is 20.6. The zero-order chi connectivity index (χ0) is 104. The molecule has 6 heterocycles. The summed E-state index contributed by atoms with van der Waals surface area (Å²) in [6, 6.07) is 108. The summed E-state index contributed by atoms with van der Waals surface area (Å²) < 4.78 is 62.9. The van der Waals surface area contributed by atoms with Crippen molar-refractivity contribution >= 4 is 161 Å². The lowest BCUT2D eigenvalue weighted by molar-refractivity contribution is -0.254. The van der Waals surface area contributed by atoms with Crippen LogP contribution in [0, 0.1) is 6.92 Å². The number of hydrogen-bond acceptors (Lipinski definition) is 23. The van der Waals surface area contributed by atoms with Crippen LogP contribution >= 0.6 is 0 Å². The maximum Gasteiger partial charge on any atom is 0.340 e.